The summed E-state index contributed by atoms with van der Waals surface area (Å²) < 4.78 is 5.41. The first kappa shape index (κ1) is 17.1. The number of hydrogen-bond acceptors (Lipinski definition) is 4. The average molecular weight is 304 g/mol. The Labute approximate surface area is 124 Å². The molecule has 0 bridgehead atoms. The Morgan fingerprint density at radius 2 is 2.15 bits per heavy atom. The maximum absolute atomic E-state index is 12.0. The number of carboxylic acids is 1. The number of unbranched alkanes of at least 4 members (excludes halogenated alkanes) is 1. The van der Waals surface area contributed by atoms with Gasteiger partial charge in [-0.1, -0.05) is 0 Å². The van der Waals surface area contributed by atoms with E-state index in [1.54, 1.807) is 0 Å². The molecule has 1 aliphatic heterocycles. The van der Waals surface area contributed by atoms with Gasteiger partial charge in [-0.25, -0.2) is 9.59 Å². The van der Waals surface area contributed by atoms with E-state index in [0.717, 1.165) is 12.8 Å². The van der Waals surface area contributed by atoms with Gasteiger partial charge in [-0.2, -0.15) is 0 Å². The number of urea groups is 1. The number of amides is 2. The molecule has 116 valence electrons. The molecule has 1 saturated heterocycles. The van der Waals surface area contributed by atoms with Crippen LogP contribution < -0.4 is 5.32 Å². The van der Waals surface area contributed by atoms with Crippen molar-refractivity contribution >= 4 is 23.8 Å². The van der Waals surface area contributed by atoms with Crippen LogP contribution in [0.4, 0.5) is 4.79 Å². The molecule has 1 rings (SSSR count). The minimum atomic E-state index is -0.942. The zero-order valence-corrected chi connectivity index (χ0v) is 13.1. The lowest BCUT2D eigenvalue weighted by Crippen LogP contribution is -2.49. The highest BCUT2D eigenvalue weighted by Crippen LogP contribution is 2.28. The van der Waals surface area contributed by atoms with E-state index in [1.165, 1.54) is 16.7 Å². The van der Waals surface area contributed by atoms with E-state index >= 15 is 0 Å². The third-order valence-electron chi connectivity index (χ3n) is 3.04. The van der Waals surface area contributed by atoms with Crippen molar-refractivity contribution in [2.45, 2.75) is 51.1 Å². The summed E-state index contributed by atoms with van der Waals surface area (Å²) >= 11 is 1.48. The van der Waals surface area contributed by atoms with Crippen LogP contribution in [0.2, 0.25) is 0 Å². The number of aliphatic carboxylic acids is 1. The first-order chi connectivity index (χ1) is 9.43. The highest BCUT2D eigenvalue weighted by atomic mass is 32.2. The summed E-state index contributed by atoms with van der Waals surface area (Å²) in [5.74, 6) is -0.492. The van der Waals surface area contributed by atoms with Gasteiger partial charge in [-0.05, 0) is 33.6 Å². The molecule has 1 aliphatic rings. The Kier molecular flexibility index (Phi) is 7.15. The van der Waals surface area contributed by atoms with Crippen molar-refractivity contribution in [1.82, 2.24) is 10.2 Å². The second-order valence-electron chi connectivity index (χ2n) is 5.05. The van der Waals surface area contributed by atoms with Crippen molar-refractivity contribution in [1.29, 1.82) is 0 Å². The van der Waals surface area contributed by atoms with Gasteiger partial charge in [0.15, 0.2) is 0 Å². The molecule has 0 aromatic carbocycles. The maximum atomic E-state index is 12.0. The number of nitrogens with one attached hydrogen (secondary N) is 1. The fourth-order valence-corrected chi connectivity index (χ4v) is 3.14. The molecule has 6 nitrogen and oxygen atoms in total. The molecule has 0 radical (unpaired) electrons. The van der Waals surface area contributed by atoms with Crippen molar-refractivity contribution < 1.29 is 19.4 Å². The summed E-state index contributed by atoms with van der Waals surface area (Å²) in [6.07, 6.45) is 1.93. The molecular weight excluding hydrogens is 280 g/mol. The third-order valence-corrected chi connectivity index (χ3v) is 4.26. The van der Waals surface area contributed by atoms with E-state index in [1.807, 2.05) is 20.8 Å². The minimum Gasteiger partial charge on any atom is -0.480 e. The van der Waals surface area contributed by atoms with Crippen LogP contribution in [0.25, 0.3) is 0 Å². The van der Waals surface area contributed by atoms with Gasteiger partial charge in [0.25, 0.3) is 0 Å². The molecule has 7 heteroatoms. The van der Waals surface area contributed by atoms with Gasteiger partial charge >= 0.3 is 12.0 Å². The second-order valence-corrected chi connectivity index (χ2v) is 6.40. The van der Waals surface area contributed by atoms with Crippen LogP contribution in [0.1, 0.15) is 33.6 Å². The number of thioether (sulfide) groups is 1. The second kappa shape index (κ2) is 8.36. The number of carbonyl (C=O) groups is 2. The number of ether oxygens (including phenoxy) is 1. The van der Waals surface area contributed by atoms with E-state index in [2.05, 4.69) is 5.32 Å². The standard InChI is InChI=1S/C13H24N2O4S/c1-9(2)19-7-5-4-6-14-13(18)15-10(3)20-8-11(15)12(16)17/h9-11H,4-8H2,1-3H3,(H,14,18)(H,16,17). The lowest BCUT2D eigenvalue weighted by Gasteiger charge is -2.25. The molecule has 0 saturated carbocycles. The molecule has 1 heterocycles. The van der Waals surface area contributed by atoms with Crippen LogP contribution in [0.3, 0.4) is 0 Å². The van der Waals surface area contributed by atoms with Crippen molar-refractivity contribution in [2.75, 3.05) is 18.9 Å². The topological polar surface area (TPSA) is 78.9 Å². The molecule has 20 heavy (non-hydrogen) atoms. The molecule has 0 aromatic heterocycles. The molecule has 1 fully saturated rings. The Morgan fingerprint density at radius 3 is 2.75 bits per heavy atom. The number of nitrogens with zero attached hydrogens (tertiary/aromatic N) is 1. The largest absolute Gasteiger partial charge is 0.480 e. The highest BCUT2D eigenvalue weighted by molar-refractivity contribution is 8.00. The van der Waals surface area contributed by atoms with Crippen LogP contribution in [0, 0.1) is 0 Å². The van der Waals surface area contributed by atoms with E-state index in [4.69, 9.17) is 9.84 Å². The fraction of sp³-hybridized carbons (Fsp3) is 0.846. The molecule has 2 atom stereocenters. The highest BCUT2D eigenvalue weighted by Gasteiger charge is 2.39. The SMILES string of the molecule is CC(C)OCCCCNC(=O)N1C(C)SCC1C(=O)O. The van der Waals surface area contributed by atoms with Crippen LogP contribution >= 0.6 is 11.8 Å². The van der Waals surface area contributed by atoms with E-state index in [9.17, 15) is 9.59 Å². The molecular formula is C13H24N2O4S. The first-order valence-corrected chi connectivity index (χ1v) is 8.00. The van der Waals surface area contributed by atoms with Gasteiger partial charge in [0, 0.05) is 18.9 Å². The van der Waals surface area contributed by atoms with Gasteiger partial charge in [-0.15, -0.1) is 11.8 Å². The quantitative estimate of drug-likeness (QED) is 0.701. The molecule has 2 N–H and O–H groups in total. The number of carboxylic acid groups (broad SMARTS) is 1. The monoisotopic (exact) mass is 304 g/mol. The summed E-state index contributed by atoms with van der Waals surface area (Å²) in [7, 11) is 0. The third kappa shape index (κ3) is 5.20. The summed E-state index contributed by atoms with van der Waals surface area (Å²) in [6.45, 7) is 7.05. The number of hydrogen-bond donors (Lipinski definition) is 2. The Hall–Kier alpha value is -0.950. The van der Waals surface area contributed by atoms with Crippen molar-refractivity contribution in [3.63, 3.8) is 0 Å². The van der Waals surface area contributed by atoms with Crippen molar-refractivity contribution in [3.05, 3.63) is 0 Å². The van der Waals surface area contributed by atoms with Gasteiger partial charge in [0.05, 0.1) is 11.5 Å². The predicted molar refractivity (Wildman–Crippen MR) is 78.9 cm³/mol. The zero-order valence-electron chi connectivity index (χ0n) is 12.3. The Morgan fingerprint density at radius 1 is 1.45 bits per heavy atom. The van der Waals surface area contributed by atoms with Gasteiger partial charge < -0.3 is 15.2 Å². The summed E-state index contributed by atoms with van der Waals surface area (Å²) in [5.41, 5.74) is 0. The molecule has 0 aliphatic carbocycles. The van der Waals surface area contributed by atoms with Gasteiger partial charge in [-0.3, -0.25) is 4.90 Å². The van der Waals surface area contributed by atoms with Crippen molar-refractivity contribution in [2.24, 2.45) is 0 Å². The lowest BCUT2D eigenvalue weighted by molar-refractivity contribution is -0.141. The maximum Gasteiger partial charge on any atom is 0.327 e. The van der Waals surface area contributed by atoms with Gasteiger partial charge in [0.1, 0.15) is 6.04 Å². The molecule has 0 spiro atoms. The fourth-order valence-electron chi connectivity index (χ4n) is 1.97. The summed E-state index contributed by atoms with van der Waals surface area (Å²) in [4.78, 5) is 24.5. The van der Waals surface area contributed by atoms with Gasteiger partial charge in [0.2, 0.25) is 0 Å². The predicted octanol–water partition coefficient (Wildman–Crippen LogP) is 1.75. The van der Waals surface area contributed by atoms with Crippen molar-refractivity contribution in [3.8, 4) is 0 Å². The average Bonchev–Trinajstić information content (AvgIpc) is 2.75. The van der Waals surface area contributed by atoms with Crippen LogP contribution in [0.5, 0.6) is 0 Å². The smallest absolute Gasteiger partial charge is 0.327 e. The molecule has 2 unspecified atom stereocenters. The van der Waals surface area contributed by atoms with Crippen LogP contribution in [0.15, 0.2) is 0 Å². The number of carbonyl (C=O) groups excluding carboxylic acids is 1. The van der Waals surface area contributed by atoms with Crippen LogP contribution in [-0.2, 0) is 9.53 Å². The number of rotatable bonds is 7. The van der Waals surface area contributed by atoms with Crippen LogP contribution in [-0.4, -0.2) is 58.4 Å². The van der Waals surface area contributed by atoms with E-state index < -0.39 is 12.0 Å². The zero-order chi connectivity index (χ0) is 15.1. The normalized spacial score (nSPS) is 22.3. The van der Waals surface area contributed by atoms with E-state index in [0.29, 0.717) is 18.9 Å². The Balaban J connectivity index is 2.26. The molecule has 2 amide bonds. The first-order valence-electron chi connectivity index (χ1n) is 6.95. The minimum absolute atomic E-state index is 0.0969. The molecule has 0 aromatic rings. The summed E-state index contributed by atoms with van der Waals surface area (Å²) in [5, 5.41) is 11.8. The Bertz CT molecular complexity index is 338. The lowest BCUT2D eigenvalue weighted by atomic mass is 10.3. The summed E-state index contributed by atoms with van der Waals surface area (Å²) in [6, 6.07) is -1.01. The van der Waals surface area contributed by atoms with E-state index in [-0.39, 0.29) is 17.5 Å².